The molecule has 2 fully saturated rings. The van der Waals surface area contributed by atoms with Crippen molar-refractivity contribution in [2.45, 2.75) is 38.0 Å². The van der Waals surface area contributed by atoms with Crippen molar-refractivity contribution in [1.29, 1.82) is 0 Å². The Bertz CT molecular complexity index is 452. The molecule has 4 heteroatoms. The molecule has 0 amide bonds. The van der Waals surface area contributed by atoms with E-state index >= 15 is 0 Å². The number of anilines is 1. The van der Waals surface area contributed by atoms with Gasteiger partial charge in [0.05, 0.1) is 12.1 Å². The molecule has 0 aromatic carbocycles. The number of nitrogens with zero attached hydrogens (tertiary/aromatic N) is 2. The minimum absolute atomic E-state index is 0.299. The third-order valence-electron chi connectivity index (χ3n) is 4.64. The van der Waals surface area contributed by atoms with Gasteiger partial charge >= 0.3 is 0 Å². The van der Waals surface area contributed by atoms with Crippen LogP contribution in [0.5, 0.6) is 0 Å². The molecular weight excluding hydrogens is 263 g/mol. The average molecular weight is 283 g/mol. The Morgan fingerprint density at radius 2 is 2.05 bits per heavy atom. The highest BCUT2D eigenvalue weighted by atomic mass is 35.5. The maximum atomic E-state index is 13.2. The van der Waals surface area contributed by atoms with Gasteiger partial charge in [0.15, 0.2) is 0 Å². The normalized spacial score (nSPS) is 27.2. The van der Waals surface area contributed by atoms with Crippen LogP contribution in [0.25, 0.3) is 0 Å². The summed E-state index contributed by atoms with van der Waals surface area (Å²) in [5.74, 6) is 2.60. The molecule has 0 radical (unpaired) electrons. The summed E-state index contributed by atoms with van der Waals surface area (Å²) < 4.78 is 13.2. The number of piperidine rings is 1. The van der Waals surface area contributed by atoms with Crippen LogP contribution in [0.1, 0.15) is 37.7 Å². The molecule has 0 bridgehead atoms. The van der Waals surface area contributed by atoms with E-state index in [1.807, 2.05) is 0 Å². The van der Waals surface area contributed by atoms with Crippen molar-refractivity contribution >= 4 is 17.4 Å². The maximum Gasteiger partial charge on any atom is 0.141 e. The molecule has 2 atom stereocenters. The molecule has 0 spiro atoms. The van der Waals surface area contributed by atoms with Crippen LogP contribution in [-0.4, -0.2) is 18.1 Å². The molecule has 2 heterocycles. The van der Waals surface area contributed by atoms with Gasteiger partial charge < -0.3 is 4.90 Å². The van der Waals surface area contributed by atoms with Crippen LogP contribution < -0.4 is 4.90 Å². The Morgan fingerprint density at radius 3 is 2.84 bits per heavy atom. The predicted molar refractivity (Wildman–Crippen MR) is 76.0 cm³/mol. The fraction of sp³-hybridized carbons (Fsp3) is 0.667. The summed E-state index contributed by atoms with van der Waals surface area (Å²) in [5.41, 5.74) is 0.816. The van der Waals surface area contributed by atoms with Gasteiger partial charge in [0.25, 0.3) is 0 Å². The van der Waals surface area contributed by atoms with Crippen molar-refractivity contribution in [2.75, 3.05) is 18.0 Å². The molecule has 1 aromatic heterocycles. The molecule has 1 aliphatic heterocycles. The minimum Gasteiger partial charge on any atom is -0.356 e. The van der Waals surface area contributed by atoms with E-state index in [0.29, 0.717) is 5.88 Å². The highest BCUT2D eigenvalue weighted by Gasteiger charge is 2.32. The number of alkyl halides is 1. The average Bonchev–Trinajstić information content (AvgIpc) is 2.46. The van der Waals surface area contributed by atoms with E-state index in [4.69, 9.17) is 11.6 Å². The fourth-order valence-corrected chi connectivity index (χ4v) is 3.85. The van der Waals surface area contributed by atoms with Crippen molar-refractivity contribution in [3.05, 3.63) is 23.6 Å². The van der Waals surface area contributed by atoms with E-state index in [1.54, 1.807) is 0 Å². The summed E-state index contributed by atoms with van der Waals surface area (Å²) in [4.78, 5) is 6.59. The first-order valence-corrected chi connectivity index (χ1v) is 7.76. The molecule has 1 aliphatic carbocycles. The zero-order valence-corrected chi connectivity index (χ0v) is 11.9. The predicted octanol–water partition coefficient (Wildman–Crippen LogP) is 3.98. The second-order valence-corrected chi connectivity index (χ2v) is 6.08. The number of hydrogen-bond acceptors (Lipinski definition) is 2. The summed E-state index contributed by atoms with van der Waals surface area (Å²) in [7, 11) is 0. The molecule has 104 valence electrons. The van der Waals surface area contributed by atoms with Crippen LogP contribution >= 0.6 is 11.6 Å². The van der Waals surface area contributed by atoms with Gasteiger partial charge in [-0.2, -0.15) is 0 Å². The third-order valence-corrected chi connectivity index (χ3v) is 4.93. The van der Waals surface area contributed by atoms with Crippen molar-refractivity contribution in [1.82, 2.24) is 4.98 Å². The summed E-state index contributed by atoms with van der Waals surface area (Å²) in [6.07, 6.45) is 8.01. The van der Waals surface area contributed by atoms with Crippen molar-refractivity contribution in [2.24, 2.45) is 11.8 Å². The van der Waals surface area contributed by atoms with E-state index < -0.39 is 0 Å². The lowest BCUT2D eigenvalue weighted by atomic mass is 9.75. The van der Waals surface area contributed by atoms with Gasteiger partial charge in [0.2, 0.25) is 0 Å². The molecule has 1 aromatic rings. The molecule has 2 aliphatic rings. The Hall–Kier alpha value is -0.830. The zero-order chi connectivity index (χ0) is 13.2. The summed E-state index contributed by atoms with van der Waals surface area (Å²) in [6, 6.07) is 1.52. The Labute approximate surface area is 119 Å². The summed E-state index contributed by atoms with van der Waals surface area (Å²) >= 11 is 5.93. The molecule has 0 N–H and O–H groups in total. The molecule has 2 nitrogen and oxygen atoms in total. The standard InChI is InChI=1S/C15H20ClFN2/c16-8-13-7-14(17)9-18-15(13)19-6-5-11-3-1-2-4-12(11)10-19/h7,9,11-12H,1-6,8,10H2. The smallest absolute Gasteiger partial charge is 0.141 e. The Balaban J connectivity index is 1.79. The number of pyridine rings is 1. The van der Waals surface area contributed by atoms with Crippen LogP contribution in [0.2, 0.25) is 0 Å². The largest absolute Gasteiger partial charge is 0.356 e. The topological polar surface area (TPSA) is 16.1 Å². The van der Waals surface area contributed by atoms with E-state index in [-0.39, 0.29) is 5.82 Å². The van der Waals surface area contributed by atoms with Gasteiger partial charge in [-0.05, 0) is 30.7 Å². The van der Waals surface area contributed by atoms with Gasteiger partial charge in [0.1, 0.15) is 11.6 Å². The van der Waals surface area contributed by atoms with E-state index in [9.17, 15) is 4.39 Å². The lowest BCUT2D eigenvalue weighted by molar-refractivity contribution is 0.202. The number of halogens is 2. The molecular formula is C15H20ClFN2. The minimum atomic E-state index is -0.299. The maximum absolute atomic E-state index is 13.2. The second-order valence-electron chi connectivity index (χ2n) is 5.81. The van der Waals surface area contributed by atoms with Gasteiger partial charge in [-0.25, -0.2) is 9.37 Å². The zero-order valence-electron chi connectivity index (χ0n) is 11.1. The third kappa shape index (κ3) is 2.71. The molecule has 2 unspecified atom stereocenters. The monoisotopic (exact) mass is 282 g/mol. The van der Waals surface area contributed by atoms with Crippen molar-refractivity contribution in [3.63, 3.8) is 0 Å². The van der Waals surface area contributed by atoms with Crippen LogP contribution in [0.4, 0.5) is 10.2 Å². The van der Waals surface area contributed by atoms with Gasteiger partial charge in [-0.1, -0.05) is 19.3 Å². The Kier molecular flexibility index (Phi) is 3.92. The first-order chi connectivity index (χ1) is 9.28. The first kappa shape index (κ1) is 13.2. The summed E-state index contributed by atoms with van der Waals surface area (Å²) in [6.45, 7) is 2.09. The number of aromatic nitrogens is 1. The number of rotatable bonds is 2. The van der Waals surface area contributed by atoms with Crippen LogP contribution in [0, 0.1) is 17.7 Å². The quantitative estimate of drug-likeness (QED) is 0.763. The van der Waals surface area contributed by atoms with Gasteiger partial charge in [0, 0.05) is 18.7 Å². The SMILES string of the molecule is Fc1cnc(N2CCC3CCCCC3C2)c(CCl)c1. The lowest BCUT2D eigenvalue weighted by Crippen LogP contribution is -2.42. The van der Waals surface area contributed by atoms with Gasteiger partial charge in [-0.3, -0.25) is 0 Å². The van der Waals surface area contributed by atoms with E-state index in [1.165, 1.54) is 44.4 Å². The van der Waals surface area contributed by atoms with Crippen LogP contribution in [0.3, 0.4) is 0 Å². The first-order valence-electron chi connectivity index (χ1n) is 7.23. The highest BCUT2D eigenvalue weighted by Crippen LogP contribution is 2.37. The van der Waals surface area contributed by atoms with Gasteiger partial charge in [-0.15, -0.1) is 11.6 Å². The molecule has 3 rings (SSSR count). The molecule has 1 saturated carbocycles. The fourth-order valence-electron chi connectivity index (χ4n) is 3.65. The van der Waals surface area contributed by atoms with E-state index in [0.717, 1.165) is 36.3 Å². The van der Waals surface area contributed by atoms with Crippen molar-refractivity contribution in [3.8, 4) is 0 Å². The second kappa shape index (κ2) is 5.66. The summed E-state index contributed by atoms with van der Waals surface area (Å²) in [5, 5.41) is 0. The van der Waals surface area contributed by atoms with Crippen LogP contribution in [-0.2, 0) is 5.88 Å². The van der Waals surface area contributed by atoms with E-state index in [2.05, 4.69) is 9.88 Å². The Morgan fingerprint density at radius 1 is 1.26 bits per heavy atom. The molecule has 1 saturated heterocycles. The number of hydrogen-bond donors (Lipinski definition) is 0. The lowest BCUT2D eigenvalue weighted by Gasteiger charge is -2.42. The van der Waals surface area contributed by atoms with Crippen molar-refractivity contribution < 1.29 is 4.39 Å². The molecule has 19 heavy (non-hydrogen) atoms. The highest BCUT2D eigenvalue weighted by molar-refractivity contribution is 6.17. The number of fused-ring (bicyclic) bond motifs is 1. The van der Waals surface area contributed by atoms with Crippen LogP contribution in [0.15, 0.2) is 12.3 Å².